The fraction of sp³-hybridized carbons (Fsp3) is 0.520. The van der Waals surface area contributed by atoms with Crippen LogP contribution in [-0.4, -0.2) is 29.9 Å². The maximum atomic E-state index is 6.47. The van der Waals surface area contributed by atoms with Crippen LogP contribution >= 0.6 is 11.6 Å². The van der Waals surface area contributed by atoms with Gasteiger partial charge in [0.15, 0.2) is 0 Å². The van der Waals surface area contributed by atoms with Crippen molar-refractivity contribution in [1.82, 2.24) is 4.90 Å². The maximum Gasteiger partial charge on any atom is 0.0404 e. The second-order valence-corrected chi connectivity index (χ2v) is 8.54. The highest BCUT2D eigenvalue weighted by atomic mass is 35.5. The fourth-order valence-corrected chi connectivity index (χ4v) is 4.74. The van der Waals surface area contributed by atoms with Crippen LogP contribution in [0.4, 0.5) is 0 Å². The molecule has 1 fully saturated rings. The first-order valence-corrected chi connectivity index (χ1v) is 11.2. The van der Waals surface area contributed by atoms with E-state index in [0.29, 0.717) is 11.3 Å². The molecule has 2 aromatic rings. The summed E-state index contributed by atoms with van der Waals surface area (Å²) >= 11 is 6.47. The van der Waals surface area contributed by atoms with E-state index in [4.69, 9.17) is 11.6 Å². The summed E-state index contributed by atoms with van der Waals surface area (Å²) in [4.78, 5) is 2.62. The molecule has 3 rings (SSSR count). The number of aryl methyl sites for hydroxylation is 1. The molecule has 0 heterocycles. The number of hydrogen-bond donors (Lipinski definition) is 0. The number of alkyl halides is 1. The third kappa shape index (κ3) is 6.36. The topological polar surface area (TPSA) is 3.24 Å². The summed E-state index contributed by atoms with van der Waals surface area (Å²) in [5.41, 5.74) is 4.34. The second-order valence-electron chi connectivity index (χ2n) is 7.98. The van der Waals surface area contributed by atoms with Crippen molar-refractivity contribution in [3.8, 4) is 0 Å². The smallest absolute Gasteiger partial charge is 0.0404 e. The van der Waals surface area contributed by atoms with Crippen molar-refractivity contribution in [2.45, 2.75) is 63.2 Å². The Hall–Kier alpha value is -1.31. The first-order chi connectivity index (χ1) is 13.3. The predicted molar refractivity (Wildman–Crippen MR) is 118 cm³/mol. The van der Waals surface area contributed by atoms with Gasteiger partial charge in [0.25, 0.3) is 0 Å². The summed E-state index contributed by atoms with van der Waals surface area (Å²) in [5, 5.41) is 0.336. The van der Waals surface area contributed by atoms with E-state index < -0.39 is 0 Å². The Kier molecular flexibility index (Phi) is 8.23. The minimum Gasteiger partial charge on any atom is -0.303 e. The number of hydrogen-bond acceptors (Lipinski definition) is 1. The fourth-order valence-electron chi connectivity index (χ4n) is 4.31. The van der Waals surface area contributed by atoms with Crippen molar-refractivity contribution in [3.63, 3.8) is 0 Å². The minimum absolute atomic E-state index is 0.336. The molecule has 0 amide bonds. The van der Waals surface area contributed by atoms with Gasteiger partial charge >= 0.3 is 0 Å². The van der Waals surface area contributed by atoms with Crippen LogP contribution in [0.25, 0.3) is 0 Å². The average Bonchev–Trinajstić information content (AvgIpc) is 3.13. The molecular formula is C25H34ClN. The summed E-state index contributed by atoms with van der Waals surface area (Å²) < 4.78 is 0. The standard InChI is InChI=1S/C25H34ClN/c1-2-18-27(20-17-21-8-4-3-5-9-21)19-7-10-22-13-15-23(16-14-22)24-11-6-12-25(24)26/h3-5,8-9,13-16,24-25H,2,6-7,10-12,17-20H2,1H3. The molecule has 27 heavy (non-hydrogen) atoms. The molecule has 2 heteroatoms. The van der Waals surface area contributed by atoms with Crippen molar-refractivity contribution < 1.29 is 0 Å². The quantitative estimate of drug-likeness (QED) is 0.426. The van der Waals surface area contributed by atoms with Crippen molar-refractivity contribution in [3.05, 3.63) is 71.3 Å². The maximum absolute atomic E-state index is 6.47. The molecule has 2 atom stereocenters. The van der Waals surface area contributed by atoms with Gasteiger partial charge in [-0.3, -0.25) is 0 Å². The molecular weight excluding hydrogens is 350 g/mol. The van der Waals surface area contributed by atoms with Crippen molar-refractivity contribution in [1.29, 1.82) is 0 Å². The molecule has 1 aliphatic rings. The summed E-state index contributed by atoms with van der Waals surface area (Å²) in [7, 11) is 0. The molecule has 146 valence electrons. The Morgan fingerprint density at radius 2 is 1.59 bits per heavy atom. The van der Waals surface area contributed by atoms with Gasteiger partial charge in [0.05, 0.1) is 0 Å². The van der Waals surface area contributed by atoms with E-state index in [1.165, 1.54) is 68.3 Å². The van der Waals surface area contributed by atoms with E-state index in [1.54, 1.807) is 0 Å². The Morgan fingerprint density at radius 3 is 2.26 bits per heavy atom. The number of benzene rings is 2. The first-order valence-electron chi connectivity index (χ1n) is 10.8. The van der Waals surface area contributed by atoms with Gasteiger partial charge in [0, 0.05) is 17.8 Å². The summed E-state index contributed by atoms with van der Waals surface area (Å²) in [6.07, 6.45) is 8.47. The number of nitrogens with zero attached hydrogens (tertiary/aromatic N) is 1. The van der Waals surface area contributed by atoms with Crippen LogP contribution in [0.5, 0.6) is 0 Å². The Bertz CT molecular complexity index is 652. The Morgan fingerprint density at radius 1 is 0.852 bits per heavy atom. The third-order valence-corrected chi connectivity index (χ3v) is 6.40. The van der Waals surface area contributed by atoms with Crippen LogP contribution in [-0.2, 0) is 12.8 Å². The van der Waals surface area contributed by atoms with Gasteiger partial charge in [-0.2, -0.15) is 0 Å². The lowest BCUT2D eigenvalue weighted by atomic mass is 9.95. The van der Waals surface area contributed by atoms with Crippen LogP contribution in [0, 0.1) is 0 Å². The molecule has 1 aliphatic carbocycles. The van der Waals surface area contributed by atoms with E-state index in [2.05, 4.69) is 66.4 Å². The van der Waals surface area contributed by atoms with E-state index in [-0.39, 0.29) is 0 Å². The van der Waals surface area contributed by atoms with Gasteiger partial charge in [-0.05, 0) is 68.3 Å². The van der Waals surface area contributed by atoms with Gasteiger partial charge in [0.1, 0.15) is 0 Å². The summed E-state index contributed by atoms with van der Waals surface area (Å²) in [6.45, 7) is 5.83. The minimum atomic E-state index is 0.336. The highest BCUT2D eigenvalue weighted by molar-refractivity contribution is 6.21. The van der Waals surface area contributed by atoms with Crippen molar-refractivity contribution in [2.75, 3.05) is 19.6 Å². The summed E-state index contributed by atoms with van der Waals surface area (Å²) in [5.74, 6) is 0.568. The zero-order chi connectivity index (χ0) is 18.9. The van der Waals surface area contributed by atoms with Gasteiger partial charge in [0.2, 0.25) is 0 Å². The van der Waals surface area contributed by atoms with Crippen molar-refractivity contribution >= 4 is 11.6 Å². The Balaban J connectivity index is 1.43. The normalized spacial score (nSPS) is 19.7. The van der Waals surface area contributed by atoms with Crippen LogP contribution < -0.4 is 0 Å². The second kappa shape index (κ2) is 10.9. The molecule has 1 nitrogen and oxygen atoms in total. The van der Waals surface area contributed by atoms with Crippen LogP contribution in [0.15, 0.2) is 54.6 Å². The SMILES string of the molecule is CCCN(CCCc1ccc(C2CCCC2Cl)cc1)CCc1ccccc1. The molecule has 2 aromatic carbocycles. The zero-order valence-corrected chi connectivity index (χ0v) is 17.5. The molecule has 0 aromatic heterocycles. The largest absolute Gasteiger partial charge is 0.303 e. The van der Waals surface area contributed by atoms with Gasteiger partial charge < -0.3 is 4.90 Å². The molecule has 2 unspecified atom stereocenters. The van der Waals surface area contributed by atoms with Gasteiger partial charge in [-0.15, -0.1) is 11.6 Å². The Labute approximate surface area is 170 Å². The number of rotatable bonds is 10. The van der Waals surface area contributed by atoms with Crippen LogP contribution in [0.1, 0.15) is 61.6 Å². The molecule has 0 bridgehead atoms. The lowest BCUT2D eigenvalue weighted by Gasteiger charge is -2.22. The monoisotopic (exact) mass is 383 g/mol. The predicted octanol–water partition coefficient (Wildman–Crippen LogP) is 6.45. The highest BCUT2D eigenvalue weighted by Crippen LogP contribution is 2.38. The molecule has 1 saturated carbocycles. The molecule has 0 radical (unpaired) electrons. The molecule has 0 aliphatic heterocycles. The first kappa shape index (κ1) is 20.4. The molecule has 0 saturated heterocycles. The summed E-state index contributed by atoms with van der Waals surface area (Å²) in [6, 6.07) is 20.1. The van der Waals surface area contributed by atoms with Gasteiger partial charge in [-0.25, -0.2) is 0 Å². The van der Waals surface area contributed by atoms with E-state index in [1.807, 2.05) is 0 Å². The van der Waals surface area contributed by atoms with E-state index >= 15 is 0 Å². The molecule has 0 N–H and O–H groups in total. The number of halogens is 1. The van der Waals surface area contributed by atoms with E-state index in [0.717, 1.165) is 13.0 Å². The average molecular weight is 384 g/mol. The van der Waals surface area contributed by atoms with Crippen molar-refractivity contribution in [2.24, 2.45) is 0 Å². The zero-order valence-electron chi connectivity index (χ0n) is 16.7. The van der Waals surface area contributed by atoms with Crippen LogP contribution in [0.2, 0.25) is 0 Å². The highest BCUT2D eigenvalue weighted by Gasteiger charge is 2.26. The van der Waals surface area contributed by atoms with Crippen LogP contribution in [0.3, 0.4) is 0 Å². The van der Waals surface area contributed by atoms with E-state index in [9.17, 15) is 0 Å². The van der Waals surface area contributed by atoms with Gasteiger partial charge in [-0.1, -0.05) is 67.9 Å². The lowest BCUT2D eigenvalue weighted by Crippen LogP contribution is -2.28. The third-order valence-electron chi connectivity index (χ3n) is 5.88. The lowest BCUT2D eigenvalue weighted by molar-refractivity contribution is 0.274. The molecule has 0 spiro atoms.